The zero-order valence-corrected chi connectivity index (χ0v) is 14.2. The third kappa shape index (κ3) is 3.94. The van der Waals surface area contributed by atoms with Crippen molar-refractivity contribution >= 4 is 17.7 Å². The monoisotopic (exact) mass is 364 g/mol. The number of ether oxygens (including phenoxy) is 1. The predicted octanol–water partition coefficient (Wildman–Crippen LogP) is 1.54. The normalized spacial score (nSPS) is 19.4. The summed E-state index contributed by atoms with van der Waals surface area (Å²) >= 11 is 0. The number of aromatic nitrogens is 2. The quantitative estimate of drug-likeness (QED) is 0.670. The van der Waals surface area contributed by atoms with Gasteiger partial charge < -0.3 is 21.1 Å². The Hall–Kier alpha value is -3.06. The van der Waals surface area contributed by atoms with Crippen LogP contribution in [0.25, 0.3) is 0 Å². The van der Waals surface area contributed by atoms with Crippen LogP contribution in [0.2, 0.25) is 0 Å². The molecule has 2 rings (SSSR count). The number of hydrogen-bond acceptors (Lipinski definition) is 7. The van der Waals surface area contributed by atoms with Crippen LogP contribution in [-0.4, -0.2) is 42.1 Å². The first kappa shape index (κ1) is 19.3. The number of allylic oxidation sites excluding steroid dienone is 2. The second-order valence-corrected chi connectivity index (χ2v) is 5.55. The number of rotatable bonds is 7. The Kier molecular flexibility index (Phi) is 5.84. The fourth-order valence-corrected chi connectivity index (χ4v) is 2.65. The van der Waals surface area contributed by atoms with E-state index in [1.165, 1.54) is 25.5 Å². The van der Waals surface area contributed by atoms with Crippen molar-refractivity contribution in [2.75, 3.05) is 24.8 Å². The van der Waals surface area contributed by atoms with Gasteiger partial charge in [-0.15, -0.1) is 0 Å². The lowest BCUT2D eigenvalue weighted by Crippen LogP contribution is -2.42. The zero-order valence-electron chi connectivity index (χ0n) is 14.2. The van der Waals surface area contributed by atoms with Gasteiger partial charge in [0.2, 0.25) is 18.3 Å². The molecule has 26 heavy (non-hydrogen) atoms. The van der Waals surface area contributed by atoms with Gasteiger partial charge in [0.1, 0.15) is 23.1 Å². The average Bonchev–Trinajstić information content (AvgIpc) is 2.62. The fourth-order valence-electron chi connectivity index (χ4n) is 2.65. The molecule has 1 unspecified atom stereocenters. The predicted molar refractivity (Wildman–Crippen MR) is 90.3 cm³/mol. The molecule has 1 aliphatic carbocycles. The highest BCUT2D eigenvalue weighted by Crippen LogP contribution is 2.37. The van der Waals surface area contributed by atoms with Gasteiger partial charge in [0, 0.05) is 32.6 Å². The van der Waals surface area contributed by atoms with Crippen LogP contribution in [0.5, 0.6) is 0 Å². The fraction of sp³-hybridized carbons (Fsp3) is 0.375. The van der Waals surface area contributed by atoms with E-state index < -0.39 is 24.4 Å². The van der Waals surface area contributed by atoms with E-state index in [1.807, 2.05) is 6.07 Å². The number of primary amides is 1. The molecular formula is C16H18F2N6O2. The first-order valence-electron chi connectivity index (χ1n) is 7.61. The summed E-state index contributed by atoms with van der Waals surface area (Å²) < 4.78 is 31.7. The third-order valence-corrected chi connectivity index (χ3v) is 4.00. The average molecular weight is 364 g/mol. The smallest absolute Gasteiger partial charge is 0.244 e. The second kappa shape index (κ2) is 7.88. The first-order valence-corrected chi connectivity index (χ1v) is 7.61. The molecule has 0 bridgehead atoms. The van der Waals surface area contributed by atoms with E-state index in [0.717, 1.165) is 0 Å². The minimum Gasteiger partial charge on any atom is -0.372 e. The molecule has 4 N–H and O–H groups in total. The Morgan fingerprint density at radius 1 is 1.54 bits per heavy atom. The zero-order chi connectivity index (χ0) is 19.3. The minimum atomic E-state index is -2.68. The van der Waals surface area contributed by atoms with Crippen LogP contribution in [-0.2, 0) is 9.53 Å². The molecule has 0 aromatic carbocycles. The molecule has 1 aromatic heterocycles. The van der Waals surface area contributed by atoms with Gasteiger partial charge in [-0.2, -0.15) is 10.2 Å². The maximum Gasteiger partial charge on any atom is 0.244 e. The molecule has 0 saturated heterocycles. The second-order valence-electron chi connectivity index (χ2n) is 5.55. The van der Waals surface area contributed by atoms with Crippen LogP contribution >= 0.6 is 0 Å². The SMILES string of the molecule is CNc1nc(NC2=CC=C(C(N)=O)CC2(CC(F)F)OC)ncc1C#N. The van der Waals surface area contributed by atoms with Crippen molar-refractivity contribution in [3.8, 4) is 6.07 Å². The van der Waals surface area contributed by atoms with E-state index in [-0.39, 0.29) is 35.0 Å². The summed E-state index contributed by atoms with van der Waals surface area (Å²) in [6.07, 6.45) is 0.740. The molecule has 1 heterocycles. The number of carbonyl (C=O) groups is 1. The van der Waals surface area contributed by atoms with E-state index in [1.54, 1.807) is 7.05 Å². The molecule has 0 fully saturated rings. The molecule has 10 heteroatoms. The van der Waals surface area contributed by atoms with Gasteiger partial charge in [-0.1, -0.05) is 6.08 Å². The van der Waals surface area contributed by atoms with Crippen LogP contribution in [0.4, 0.5) is 20.5 Å². The van der Waals surface area contributed by atoms with Crippen molar-refractivity contribution in [1.82, 2.24) is 9.97 Å². The number of carbonyl (C=O) groups excluding carboxylic acids is 1. The van der Waals surface area contributed by atoms with Crippen molar-refractivity contribution in [1.29, 1.82) is 5.26 Å². The summed E-state index contributed by atoms with van der Waals surface area (Å²) in [5, 5.41) is 14.6. The third-order valence-electron chi connectivity index (χ3n) is 4.00. The molecule has 1 aliphatic rings. The molecule has 138 valence electrons. The standard InChI is InChI=1S/C16H18F2N6O2/c1-21-14-10(7-19)8-22-15(24-14)23-11-4-3-9(13(20)25)5-16(11,26-2)6-12(17)18/h3-4,8,12H,5-6H2,1-2H3,(H2,20,25)(H2,21,22,23,24). The number of methoxy groups -OCH3 is 1. The van der Waals surface area contributed by atoms with E-state index in [2.05, 4.69) is 20.6 Å². The van der Waals surface area contributed by atoms with Crippen LogP contribution < -0.4 is 16.4 Å². The van der Waals surface area contributed by atoms with Crippen molar-refractivity contribution < 1.29 is 18.3 Å². The van der Waals surface area contributed by atoms with Gasteiger partial charge in [-0.3, -0.25) is 4.79 Å². The maximum absolute atomic E-state index is 13.2. The van der Waals surface area contributed by atoms with Gasteiger partial charge in [0.05, 0.1) is 11.9 Å². The number of alkyl halides is 2. The van der Waals surface area contributed by atoms with E-state index >= 15 is 0 Å². The highest BCUT2D eigenvalue weighted by atomic mass is 19.3. The molecule has 0 radical (unpaired) electrons. The maximum atomic E-state index is 13.2. The molecule has 8 nitrogen and oxygen atoms in total. The van der Waals surface area contributed by atoms with Gasteiger partial charge in [0.15, 0.2) is 0 Å². The Morgan fingerprint density at radius 2 is 2.27 bits per heavy atom. The Balaban J connectivity index is 2.43. The van der Waals surface area contributed by atoms with Gasteiger partial charge in [-0.05, 0) is 6.08 Å². The lowest BCUT2D eigenvalue weighted by Gasteiger charge is -2.37. The van der Waals surface area contributed by atoms with Gasteiger partial charge in [-0.25, -0.2) is 13.8 Å². The van der Waals surface area contributed by atoms with E-state index in [4.69, 9.17) is 15.7 Å². The van der Waals surface area contributed by atoms with Crippen molar-refractivity contribution in [2.24, 2.45) is 5.73 Å². The summed E-state index contributed by atoms with van der Waals surface area (Å²) in [5.74, 6) is -0.332. The molecule has 0 aliphatic heterocycles. The molecule has 0 spiro atoms. The topological polar surface area (TPSA) is 126 Å². The molecular weight excluding hydrogens is 346 g/mol. The number of nitrogens with one attached hydrogen (secondary N) is 2. The van der Waals surface area contributed by atoms with Crippen LogP contribution in [0, 0.1) is 11.3 Å². The highest BCUT2D eigenvalue weighted by Gasteiger charge is 2.41. The Labute approximate surface area is 148 Å². The highest BCUT2D eigenvalue weighted by molar-refractivity contribution is 5.93. The molecule has 0 saturated carbocycles. The van der Waals surface area contributed by atoms with Crippen LogP contribution in [0.15, 0.2) is 29.6 Å². The number of nitrogens with two attached hydrogens (primary N) is 1. The number of nitriles is 1. The number of anilines is 2. The minimum absolute atomic E-state index is 0.0891. The van der Waals surface area contributed by atoms with Crippen molar-refractivity contribution in [3.63, 3.8) is 0 Å². The van der Waals surface area contributed by atoms with Crippen molar-refractivity contribution in [3.05, 3.63) is 35.2 Å². The summed E-state index contributed by atoms with van der Waals surface area (Å²) in [7, 11) is 2.87. The number of amides is 1. The van der Waals surface area contributed by atoms with E-state index in [0.29, 0.717) is 0 Å². The summed E-state index contributed by atoms with van der Waals surface area (Å²) in [6, 6.07) is 1.93. The molecule has 1 atom stereocenters. The summed E-state index contributed by atoms with van der Waals surface area (Å²) in [5.41, 5.74) is 4.47. The first-order chi connectivity index (χ1) is 12.3. The molecule has 1 aromatic rings. The van der Waals surface area contributed by atoms with E-state index in [9.17, 15) is 13.6 Å². The van der Waals surface area contributed by atoms with Crippen molar-refractivity contribution in [2.45, 2.75) is 24.9 Å². The number of nitrogens with zero attached hydrogens (tertiary/aromatic N) is 3. The number of halogens is 2. The lowest BCUT2D eigenvalue weighted by atomic mass is 9.83. The van der Waals surface area contributed by atoms with Gasteiger partial charge in [0.25, 0.3) is 0 Å². The number of hydrogen-bond donors (Lipinski definition) is 3. The Bertz CT molecular complexity index is 802. The lowest BCUT2D eigenvalue weighted by molar-refractivity contribution is -0.115. The molecule has 1 amide bonds. The Morgan fingerprint density at radius 3 is 2.81 bits per heavy atom. The van der Waals surface area contributed by atoms with Crippen LogP contribution in [0.3, 0.4) is 0 Å². The summed E-state index contributed by atoms with van der Waals surface area (Å²) in [6.45, 7) is 0. The summed E-state index contributed by atoms with van der Waals surface area (Å²) in [4.78, 5) is 19.6. The van der Waals surface area contributed by atoms with Gasteiger partial charge >= 0.3 is 0 Å². The largest absolute Gasteiger partial charge is 0.372 e. The van der Waals surface area contributed by atoms with Crippen LogP contribution in [0.1, 0.15) is 18.4 Å².